The van der Waals surface area contributed by atoms with Gasteiger partial charge in [-0.3, -0.25) is 19.4 Å². The van der Waals surface area contributed by atoms with Crippen molar-refractivity contribution in [1.29, 1.82) is 0 Å². The number of pyridine rings is 1. The topological polar surface area (TPSA) is 72.6 Å². The van der Waals surface area contributed by atoms with Crippen LogP contribution in [0.5, 0.6) is 0 Å². The first kappa shape index (κ1) is 23.5. The molecule has 0 amide bonds. The predicted octanol–water partition coefficient (Wildman–Crippen LogP) is 3.90. The molecular weight excluding hydrogens is 416 g/mol. The van der Waals surface area contributed by atoms with Gasteiger partial charge < -0.3 is 4.74 Å². The van der Waals surface area contributed by atoms with Gasteiger partial charge in [-0.15, -0.1) is 0 Å². The van der Waals surface area contributed by atoms with Gasteiger partial charge in [0.1, 0.15) is 12.3 Å². The van der Waals surface area contributed by atoms with Crippen molar-refractivity contribution in [2.45, 2.75) is 32.7 Å². The zero-order valence-electron chi connectivity index (χ0n) is 18.4. The Labute approximate surface area is 186 Å². The number of carbonyl (C=O) groups excluding carboxylic acids is 1. The summed E-state index contributed by atoms with van der Waals surface area (Å²) in [5.41, 5.74) is 1.64. The average Bonchev–Trinajstić information content (AvgIpc) is 3.07. The summed E-state index contributed by atoms with van der Waals surface area (Å²) in [5, 5.41) is 4.38. The first-order chi connectivity index (χ1) is 15.4. The monoisotopic (exact) mass is 443 g/mol. The van der Waals surface area contributed by atoms with Crippen molar-refractivity contribution in [2.75, 3.05) is 19.7 Å². The van der Waals surface area contributed by atoms with Crippen LogP contribution in [0.4, 0.5) is 8.78 Å². The summed E-state index contributed by atoms with van der Waals surface area (Å²) >= 11 is 0. The summed E-state index contributed by atoms with van der Waals surface area (Å²) in [7, 11) is 1.82. The normalized spacial score (nSPS) is 14.8. The number of nitrogens with zero attached hydrogens (tertiary/aromatic N) is 5. The highest BCUT2D eigenvalue weighted by molar-refractivity contribution is 6.01. The Morgan fingerprint density at radius 2 is 2.12 bits per heavy atom. The van der Waals surface area contributed by atoms with Gasteiger partial charge in [0.25, 0.3) is 6.43 Å². The number of allylic oxidation sites excluding steroid dienone is 3. The van der Waals surface area contributed by atoms with E-state index in [0.717, 1.165) is 6.21 Å². The molecule has 0 bridgehead atoms. The number of aromatic nitrogens is 3. The van der Waals surface area contributed by atoms with Gasteiger partial charge in [-0.05, 0) is 44.2 Å². The third-order valence-corrected chi connectivity index (χ3v) is 5.15. The lowest BCUT2D eigenvalue weighted by atomic mass is 10.1. The molecule has 7 nitrogen and oxygen atoms in total. The second kappa shape index (κ2) is 10.9. The van der Waals surface area contributed by atoms with Crippen LogP contribution in [0.3, 0.4) is 0 Å². The molecule has 0 saturated heterocycles. The number of rotatable bonds is 10. The lowest BCUT2D eigenvalue weighted by Crippen LogP contribution is -2.40. The molecular formula is C23H27F2N5O2. The molecule has 0 N–H and O–H groups in total. The predicted molar refractivity (Wildman–Crippen MR) is 119 cm³/mol. The fraction of sp³-hybridized carbons (Fsp3) is 0.391. The van der Waals surface area contributed by atoms with Crippen molar-refractivity contribution in [1.82, 2.24) is 19.7 Å². The Balaban J connectivity index is 1.63. The largest absolute Gasteiger partial charge is 0.476 e. The lowest BCUT2D eigenvalue weighted by Gasteiger charge is -2.27. The molecule has 3 rings (SSSR count). The van der Waals surface area contributed by atoms with E-state index in [-0.39, 0.29) is 30.5 Å². The highest BCUT2D eigenvalue weighted by atomic mass is 19.3. The van der Waals surface area contributed by atoms with Gasteiger partial charge in [0.2, 0.25) is 5.88 Å². The zero-order chi connectivity index (χ0) is 23.1. The molecule has 1 atom stereocenters. The minimum absolute atomic E-state index is 0.104. The first-order valence-corrected chi connectivity index (χ1v) is 10.5. The standard InChI is InChI=1S/C23H27F2N5O2/c1-4-30(16(2)15-32-21-9-5-7-17(13-27-21)23(24)25)14-20(31)22-18(8-6-11-26-22)19-10-12-29(3)28-19/h6-13,16,23H,4-5,14-15H2,1-3H3/t16-/m0/s1. The second-order valence-electron chi connectivity index (χ2n) is 7.46. The smallest absolute Gasteiger partial charge is 0.265 e. The fourth-order valence-electron chi connectivity index (χ4n) is 3.32. The number of halogens is 2. The van der Waals surface area contributed by atoms with E-state index >= 15 is 0 Å². The zero-order valence-corrected chi connectivity index (χ0v) is 18.4. The molecule has 170 valence electrons. The average molecular weight is 443 g/mol. The van der Waals surface area contributed by atoms with Gasteiger partial charge in [-0.25, -0.2) is 13.8 Å². The van der Waals surface area contributed by atoms with Crippen LogP contribution in [-0.4, -0.2) is 63.8 Å². The number of aliphatic imine (C=N–C) groups is 1. The van der Waals surface area contributed by atoms with E-state index in [9.17, 15) is 13.6 Å². The Morgan fingerprint density at radius 3 is 2.81 bits per heavy atom. The summed E-state index contributed by atoms with van der Waals surface area (Å²) in [6.07, 6.45) is 5.41. The third kappa shape index (κ3) is 5.94. The molecule has 2 aromatic heterocycles. The molecule has 1 aliphatic rings. The maximum Gasteiger partial charge on any atom is 0.265 e. The Hall–Kier alpha value is -3.20. The molecule has 0 spiro atoms. The van der Waals surface area contributed by atoms with Gasteiger partial charge in [0.05, 0.1) is 12.2 Å². The van der Waals surface area contributed by atoms with E-state index in [0.29, 0.717) is 35.8 Å². The summed E-state index contributed by atoms with van der Waals surface area (Å²) in [6, 6.07) is 5.36. The molecule has 1 aliphatic heterocycles. The van der Waals surface area contributed by atoms with Gasteiger partial charge in [0, 0.05) is 42.8 Å². The summed E-state index contributed by atoms with van der Waals surface area (Å²) in [6.45, 7) is 4.96. The van der Waals surface area contributed by atoms with Crippen LogP contribution in [0.25, 0.3) is 11.3 Å². The molecule has 2 aromatic rings. The van der Waals surface area contributed by atoms with E-state index in [2.05, 4.69) is 15.1 Å². The van der Waals surface area contributed by atoms with Crippen LogP contribution < -0.4 is 0 Å². The number of ether oxygens (including phenoxy) is 1. The van der Waals surface area contributed by atoms with Gasteiger partial charge in [-0.2, -0.15) is 5.10 Å². The van der Waals surface area contributed by atoms with Gasteiger partial charge in [0.15, 0.2) is 5.78 Å². The summed E-state index contributed by atoms with van der Waals surface area (Å²) < 4.78 is 33.0. The second-order valence-corrected chi connectivity index (χ2v) is 7.46. The molecule has 0 saturated carbocycles. The maximum absolute atomic E-state index is 13.1. The number of likely N-dealkylation sites (N-methyl/N-ethyl adjacent to an activating group) is 1. The van der Waals surface area contributed by atoms with Gasteiger partial charge >= 0.3 is 0 Å². The van der Waals surface area contributed by atoms with Crippen LogP contribution in [0.2, 0.25) is 0 Å². The molecule has 0 aromatic carbocycles. The number of Topliss-reactive ketones (excluding diaryl/α,β-unsaturated/α-hetero) is 1. The van der Waals surface area contributed by atoms with Crippen LogP contribution in [0, 0.1) is 0 Å². The number of aryl methyl sites for hydroxylation is 1. The van der Waals surface area contributed by atoms with Crippen molar-refractivity contribution in [3.8, 4) is 11.3 Å². The van der Waals surface area contributed by atoms with E-state index in [4.69, 9.17) is 4.74 Å². The Kier molecular flexibility index (Phi) is 7.99. The first-order valence-electron chi connectivity index (χ1n) is 10.5. The van der Waals surface area contributed by atoms with Crippen molar-refractivity contribution >= 4 is 12.0 Å². The molecule has 32 heavy (non-hydrogen) atoms. The maximum atomic E-state index is 13.1. The number of carbonyl (C=O) groups is 1. The molecule has 0 aliphatic carbocycles. The van der Waals surface area contributed by atoms with E-state index in [1.54, 1.807) is 23.0 Å². The number of alkyl halides is 2. The minimum Gasteiger partial charge on any atom is -0.476 e. The SMILES string of the molecule is CCN(CC(=O)c1ncccc1-c1ccn(C)n1)[C@@H](C)COC1=CCC=C(C(F)F)C=N1. The summed E-state index contributed by atoms with van der Waals surface area (Å²) in [4.78, 5) is 23.4. The number of hydrogen-bond donors (Lipinski definition) is 0. The van der Waals surface area contributed by atoms with Gasteiger partial charge in [-0.1, -0.05) is 13.0 Å². The van der Waals surface area contributed by atoms with E-state index in [1.807, 2.05) is 44.1 Å². The number of hydrogen-bond acceptors (Lipinski definition) is 6. The van der Waals surface area contributed by atoms with Crippen molar-refractivity contribution in [3.63, 3.8) is 0 Å². The lowest BCUT2D eigenvalue weighted by molar-refractivity contribution is 0.0804. The van der Waals surface area contributed by atoms with Crippen LogP contribution in [-0.2, 0) is 11.8 Å². The number of ketones is 1. The van der Waals surface area contributed by atoms with Crippen LogP contribution in [0.15, 0.2) is 59.2 Å². The molecule has 9 heteroatoms. The fourth-order valence-corrected chi connectivity index (χ4v) is 3.32. The highest BCUT2D eigenvalue weighted by Crippen LogP contribution is 2.21. The molecule has 3 heterocycles. The Morgan fingerprint density at radius 1 is 1.31 bits per heavy atom. The molecule has 0 fully saturated rings. The molecule has 0 radical (unpaired) electrons. The molecule has 0 unspecified atom stereocenters. The van der Waals surface area contributed by atoms with Crippen molar-refractivity contribution in [2.24, 2.45) is 12.0 Å². The Bertz CT molecular complexity index is 1030. The quantitative estimate of drug-likeness (QED) is 0.521. The van der Waals surface area contributed by atoms with Crippen molar-refractivity contribution in [3.05, 3.63) is 59.9 Å². The van der Waals surface area contributed by atoms with Crippen LogP contribution in [0.1, 0.15) is 30.8 Å². The third-order valence-electron chi connectivity index (χ3n) is 5.15. The van der Waals surface area contributed by atoms with Crippen LogP contribution >= 0.6 is 0 Å². The van der Waals surface area contributed by atoms with Crippen molar-refractivity contribution < 1.29 is 18.3 Å². The minimum atomic E-state index is -2.56. The van der Waals surface area contributed by atoms with E-state index in [1.165, 1.54) is 6.08 Å². The van der Waals surface area contributed by atoms with E-state index < -0.39 is 6.43 Å². The highest BCUT2D eigenvalue weighted by Gasteiger charge is 2.22. The summed E-state index contributed by atoms with van der Waals surface area (Å²) in [5.74, 6) is 0.186.